The van der Waals surface area contributed by atoms with Gasteiger partial charge in [0.1, 0.15) is 5.82 Å². The largest absolute Gasteiger partial charge is 0.384 e. The quantitative estimate of drug-likeness (QED) is 0.683. The second kappa shape index (κ2) is 7.52. The molecule has 0 spiro atoms. The molecular weight excluding hydrogens is 420 g/mol. The van der Waals surface area contributed by atoms with Gasteiger partial charge in [-0.15, -0.1) is 0 Å². The lowest BCUT2D eigenvalue weighted by Gasteiger charge is -2.30. The summed E-state index contributed by atoms with van der Waals surface area (Å²) in [6.45, 7) is 4.75. The SMILES string of the molecule is CC(C)S(=O)(=O)c1ccc(N2CCCCC2)cc1-n1c(N)c2c(cc1=O)C(=O)NC2=O. The van der Waals surface area contributed by atoms with E-state index in [-0.39, 0.29) is 27.5 Å². The molecule has 0 bridgehead atoms. The number of nitrogen functional groups attached to an aromatic ring is 1. The van der Waals surface area contributed by atoms with E-state index in [4.69, 9.17) is 5.73 Å². The Bertz CT molecular complexity index is 1260. The number of carbonyl (C=O) groups is 2. The molecule has 2 aliphatic rings. The van der Waals surface area contributed by atoms with E-state index in [0.717, 1.165) is 48.7 Å². The number of piperidine rings is 1. The number of aromatic nitrogens is 1. The van der Waals surface area contributed by atoms with Crippen molar-refractivity contribution in [3.05, 3.63) is 45.7 Å². The second-order valence-corrected chi connectivity index (χ2v) is 10.5. The predicted octanol–water partition coefficient (Wildman–Crippen LogP) is 1.48. The summed E-state index contributed by atoms with van der Waals surface area (Å²) < 4.78 is 27.2. The van der Waals surface area contributed by atoms with Crippen LogP contribution >= 0.6 is 0 Å². The van der Waals surface area contributed by atoms with Gasteiger partial charge in [-0.3, -0.25) is 24.3 Å². The molecule has 2 amide bonds. The molecule has 3 N–H and O–H groups in total. The summed E-state index contributed by atoms with van der Waals surface area (Å²) in [4.78, 5) is 39.3. The summed E-state index contributed by atoms with van der Waals surface area (Å²) in [5.74, 6) is -1.68. The Morgan fingerprint density at radius 1 is 1.00 bits per heavy atom. The van der Waals surface area contributed by atoms with Crippen LogP contribution in [0.5, 0.6) is 0 Å². The molecule has 1 aromatic heterocycles. The number of imide groups is 1. The van der Waals surface area contributed by atoms with E-state index in [2.05, 4.69) is 10.2 Å². The summed E-state index contributed by atoms with van der Waals surface area (Å²) in [5.41, 5.74) is 6.11. The summed E-state index contributed by atoms with van der Waals surface area (Å²) in [6.07, 6.45) is 3.17. The first-order chi connectivity index (χ1) is 14.6. The number of pyridine rings is 1. The Labute approximate surface area is 179 Å². The second-order valence-electron chi connectivity index (χ2n) is 8.07. The zero-order valence-electron chi connectivity index (χ0n) is 17.3. The highest BCUT2D eigenvalue weighted by Crippen LogP contribution is 2.32. The Hall–Kier alpha value is -3.14. The van der Waals surface area contributed by atoms with Crippen molar-refractivity contribution < 1.29 is 18.0 Å². The maximum absolute atomic E-state index is 13.1. The molecule has 1 fully saturated rings. The van der Waals surface area contributed by atoms with E-state index in [1.54, 1.807) is 26.0 Å². The fourth-order valence-electron chi connectivity index (χ4n) is 4.05. The van der Waals surface area contributed by atoms with Crippen molar-refractivity contribution in [2.24, 2.45) is 0 Å². The molecule has 2 aromatic rings. The van der Waals surface area contributed by atoms with Crippen molar-refractivity contribution in [3.8, 4) is 5.69 Å². The van der Waals surface area contributed by atoms with Gasteiger partial charge in [0.15, 0.2) is 9.84 Å². The predicted molar refractivity (Wildman–Crippen MR) is 117 cm³/mol. The van der Waals surface area contributed by atoms with Crippen LogP contribution in [0.2, 0.25) is 0 Å². The minimum Gasteiger partial charge on any atom is -0.384 e. The average Bonchev–Trinajstić information content (AvgIpc) is 3.01. The van der Waals surface area contributed by atoms with Crippen LogP contribution in [0.25, 0.3) is 5.69 Å². The highest BCUT2D eigenvalue weighted by molar-refractivity contribution is 7.92. The molecule has 3 heterocycles. The summed E-state index contributed by atoms with van der Waals surface area (Å²) in [6, 6.07) is 5.86. The van der Waals surface area contributed by atoms with Gasteiger partial charge >= 0.3 is 0 Å². The first-order valence-electron chi connectivity index (χ1n) is 10.2. The van der Waals surface area contributed by atoms with Gasteiger partial charge in [0, 0.05) is 24.8 Å². The lowest BCUT2D eigenvalue weighted by atomic mass is 10.1. The van der Waals surface area contributed by atoms with Gasteiger partial charge in [0.2, 0.25) is 0 Å². The number of carbonyl (C=O) groups excluding carboxylic acids is 2. The van der Waals surface area contributed by atoms with Crippen molar-refractivity contribution >= 4 is 33.2 Å². The summed E-state index contributed by atoms with van der Waals surface area (Å²) in [5, 5.41) is 1.39. The number of anilines is 2. The number of rotatable bonds is 4. The molecule has 0 radical (unpaired) electrons. The van der Waals surface area contributed by atoms with Crippen LogP contribution < -0.4 is 21.5 Å². The van der Waals surface area contributed by atoms with Crippen molar-refractivity contribution in [3.63, 3.8) is 0 Å². The highest BCUT2D eigenvalue weighted by atomic mass is 32.2. The first-order valence-corrected chi connectivity index (χ1v) is 11.7. The monoisotopic (exact) mass is 444 g/mol. The molecule has 9 nitrogen and oxygen atoms in total. The van der Waals surface area contributed by atoms with Gasteiger partial charge in [-0.05, 0) is 51.3 Å². The third kappa shape index (κ3) is 3.40. The van der Waals surface area contributed by atoms with Crippen molar-refractivity contribution in [1.82, 2.24) is 9.88 Å². The number of hydrogen-bond donors (Lipinski definition) is 2. The maximum Gasteiger partial charge on any atom is 0.262 e. The van der Waals surface area contributed by atoms with Gasteiger partial charge in [-0.25, -0.2) is 8.42 Å². The number of fused-ring (bicyclic) bond motifs is 1. The van der Waals surface area contributed by atoms with Crippen molar-refractivity contribution in [2.75, 3.05) is 23.7 Å². The Balaban J connectivity index is 2.01. The molecule has 10 heteroatoms. The van der Waals surface area contributed by atoms with Gasteiger partial charge in [0.25, 0.3) is 17.4 Å². The van der Waals surface area contributed by atoms with E-state index in [1.807, 2.05) is 0 Å². The Kier molecular flexibility index (Phi) is 5.12. The molecule has 0 atom stereocenters. The third-order valence-corrected chi connectivity index (χ3v) is 7.98. The smallest absolute Gasteiger partial charge is 0.262 e. The van der Waals surface area contributed by atoms with E-state index in [9.17, 15) is 22.8 Å². The molecule has 31 heavy (non-hydrogen) atoms. The molecule has 4 rings (SSSR count). The molecule has 2 aliphatic heterocycles. The lowest BCUT2D eigenvalue weighted by Crippen LogP contribution is -2.30. The number of nitrogens with zero attached hydrogens (tertiary/aromatic N) is 2. The normalized spacial score (nSPS) is 16.5. The van der Waals surface area contributed by atoms with Gasteiger partial charge in [-0.2, -0.15) is 0 Å². The van der Waals surface area contributed by atoms with Crippen LogP contribution in [0.15, 0.2) is 34.0 Å². The average molecular weight is 445 g/mol. The number of benzene rings is 1. The standard InChI is InChI=1S/C21H24N4O5S/c1-12(2)31(29,30)16-7-6-13(24-8-4-3-5-9-24)10-15(16)25-17(26)11-14-18(19(25)22)21(28)23-20(14)27/h6-7,10-12H,3-5,8-9,22H2,1-2H3,(H,23,27,28). The number of sulfone groups is 1. The van der Waals surface area contributed by atoms with Crippen LogP contribution in [-0.2, 0) is 9.84 Å². The molecule has 0 unspecified atom stereocenters. The lowest BCUT2D eigenvalue weighted by molar-refractivity contribution is 0.0880. The van der Waals surface area contributed by atoms with E-state index in [1.165, 1.54) is 6.07 Å². The van der Waals surface area contributed by atoms with Crippen LogP contribution in [-0.4, -0.2) is 43.1 Å². The molecule has 1 aromatic carbocycles. The highest BCUT2D eigenvalue weighted by Gasteiger charge is 2.33. The molecular formula is C21H24N4O5S. The molecule has 0 aliphatic carbocycles. The zero-order valence-corrected chi connectivity index (χ0v) is 18.2. The van der Waals surface area contributed by atoms with Crippen LogP contribution in [0.1, 0.15) is 53.8 Å². The number of nitrogens with one attached hydrogen (secondary N) is 1. The van der Waals surface area contributed by atoms with Crippen molar-refractivity contribution in [2.45, 2.75) is 43.3 Å². The van der Waals surface area contributed by atoms with E-state index >= 15 is 0 Å². The minimum atomic E-state index is -3.78. The fraction of sp³-hybridized carbons (Fsp3) is 0.381. The topological polar surface area (TPSA) is 132 Å². The van der Waals surface area contributed by atoms with Gasteiger partial charge in [0.05, 0.1) is 27.0 Å². The van der Waals surface area contributed by atoms with Crippen LogP contribution in [0, 0.1) is 0 Å². The molecule has 0 saturated carbocycles. The maximum atomic E-state index is 13.1. The van der Waals surface area contributed by atoms with Crippen LogP contribution in [0.3, 0.4) is 0 Å². The first kappa shape index (κ1) is 21.1. The Morgan fingerprint density at radius 2 is 1.68 bits per heavy atom. The van der Waals surface area contributed by atoms with Gasteiger partial charge in [-0.1, -0.05) is 0 Å². The number of amides is 2. The summed E-state index contributed by atoms with van der Waals surface area (Å²) >= 11 is 0. The minimum absolute atomic E-state index is 0.0539. The number of nitrogens with two attached hydrogens (primary N) is 1. The number of hydrogen-bond acceptors (Lipinski definition) is 7. The third-order valence-electron chi connectivity index (χ3n) is 5.79. The van der Waals surface area contributed by atoms with Crippen LogP contribution in [0.4, 0.5) is 11.5 Å². The van der Waals surface area contributed by atoms with Crippen molar-refractivity contribution in [1.29, 1.82) is 0 Å². The van der Waals surface area contributed by atoms with E-state index in [0.29, 0.717) is 0 Å². The van der Waals surface area contributed by atoms with E-state index < -0.39 is 32.5 Å². The Morgan fingerprint density at radius 3 is 2.32 bits per heavy atom. The molecule has 1 saturated heterocycles. The van der Waals surface area contributed by atoms with Gasteiger partial charge < -0.3 is 10.6 Å². The molecule has 164 valence electrons. The fourth-order valence-corrected chi connectivity index (χ4v) is 5.26. The summed E-state index contributed by atoms with van der Waals surface area (Å²) in [7, 11) is -3.78. The zero-order chi connectivity index (χ0) is 22.5.